The Kier molecular flexibility index (Phi) is 5.54. The van der Waals surface area contributed by atoms with Crippen molar-refractivity contribution in [1.82, 2.24) is 9.30 Å². The van der Waals surface area contributed by atoms with Crippen molar-refractivity contribution in [3.63, 3.8) is 0 Å². The number of aryl methyl sites for hydroxylation is 1. The van der Waals surface area contributed by atoms with Crippen molar-refractivity contribution in [3.05, 3.63) is 119 Å². The molecule has 154 valence electrons. The van der Waals surface area contributed by atoms with Crippen LogP contribution in [-0.4, -0.2) is 35.1 Å². The summed E-state index contributed by atoms with van der Waals surface area (Å²) in [5, 5.41) is 0. The predicted molar refractivity (Wildman–Crippen MR) is 124 cm³/mol. The van der Waals surface area contributed by atoms with Gasteiger partial charge in [-0.25, -0.2) is 0 Å². The molecular formula is C27H24N2O2. The number of carbonyl (C=O) groups is 2. The summed E-state index contributed by atoms with van der Waals surface area (Å²) < 4.78 is 1.97. The SMILES string of the molecule is Cc1ccc(/C(=C/C(=O)c2ccccc2)c2cc(C(=O)N(C)C)c3ccccn23)cc1. The van der Waals surface area contributed by atoms with Crippen molar-refractivity contribution in [2.75, 3.05) is 14.1 Å². The topological polar surface area (TPSA) is 41.8 Å². The molecule has 0 saturated heterocycles. The van der Waals surface area contributed by atoms with Crippen LogP contribution in [0, 0.1) is 6.92 Å². The van der Waals surface area contributed by atoms with E-state index in [1.165, 1.54) is 0 Å². The van der Waals surface area contributed by atoms with Crippen LogP contribution in [0.5, 0.6) is 0 Å². The van der Waals surface area contributed by atoms with Crippen molar-refractivity contribution in [3.8, 4) is 0 Å². The van der Waals surface area contributed by atoms with Gasteiger partial charge in [-0.3, -0.25) is 9.59 Å². The monoisotopic (exact) mass is 408 g/mol. The highest BCUT2D eigenvalue weighted by Crippen LogP contribution is 2.29. The highest BCUT2D eigenvalue weighted by molar-refractivity contribution is 6.11. The van der Waals surface area contributed by atoms with Gasteiger partial charge in [-0.15, -0.1) is 0 Å². The van der Waals surface area contributed by atoms with E-state index in [4.69, 9.17) is 0 Å². The van der Waals surface area contributed by atoms with E-state index in [1.807, 2.05) is 96.4 Å². The Hall–Kier alpha value is -3.92. The predicted octanol–water partition coefficient (Wildman–Crippen LogP) is 5.26. The second-order valence-corrected chi connectivity index (χ2v) is 7.75. The average molecular weight is 409 g/mol. The van der Waals surface area contributed by atoms with E-state index >= 15 is 0 Å². The molecule has 0 aliphatic carbocycles. The lowest BCUT2D eigenvalue weighted by molar-refractivity contribution is 0.0829. The summed E-state index contributed by atoms with van der Waals surface area (Å²) in [7, 11) is 3.48. The lowest BCUT2D eigenvalue weighted by Gasteiger charge is -2.10. The van der Waals surface area contributed by atoms with Gasteiger partial charge >= 0.3 is 0 Å². The number of carbonyl (C=O) groups excluding carboxylic acids is 2. The molecule has 2 aromatic heterocycles. The molecule has 4 aromatic rings. The van der Waals surface area contributed by atoms with Gasteiger partial charge in [0.1, 0.15) is 0 Å². The Labute approximate surface area is 182 Å². The number of nitrogens with zero attached hydrogens (tertiary/aromatic N) is 2. The van der Waals surface area contributed by atoms with Crippen LogP contribution in [0.4, 0.5) is 0 Å². The molecule has 0 fully saturated rings. The lowest BCUT2D eigenvalue weighted by atomic mass is 9.98. The third-order valence-corrected chi connectivity index (χ3v) is 5.29. The van der Waals surface area contributed by atoms with Crippen LogP contribution in [-0.2, 0) is 0 Å². The Morgan fingerprint density at radius 2 is 1.52 bits per heavy atom. The number of fused-ring (bicyclic) bond motifs is 1. The fourth-order valence-electron chi connectivity index (χ4n) is 3.63. The molecule has 0 aliphatic heterocycles. The maximum atomic E-state index is 13.1. The van der Waals surface area contributed by atoms with Gasteiger partial charge in [0, 0.05) is 31.4 Å². The number of allylic oxidation sites excluding steroid dienone is 1. The minimum absolute atomic E-state index is 0.0763. The van der Waals surface area contributed by atoms with Gasteiger partial charge < -0.3 is 9.30 Å². The molecular weight excluding hydrogens is 384 g/mol. The second-order valence-electron chi connectivity index (χ2n) is 7.75. The maximum absolute atomic E-state index is 13.1. The molecule has 31 heavy (non-hydrogen) atoms. The molecule has 0 unspecified atom stereocenters. The Balaban J connectivity index is 1.95. The van der Waals surface area contributed by atoms with Gasteiger partial charge in [0.25, 0.3) is 5.91 Å². The van der Waals surface area contributed by atoms with E-state index in [9.17, 15) is 9.59 Å². The van der Waals surface area contributed by atoms with Gasteiger partial charge in [-0.1, -0.05) is 66.2 Å². The number of hydrogen-bond donors (Lipinski definition) is 0. The van der Waals surface area contributed by atoms with Crippen LogP contribution in [0.2, 0.25) is 0 Å². The van der Waals surface area contributed by atoms with Gasteiger partial charge in [-0.2, -0.15) is 0 Å². The third-order valence-electron chi connectivity index (χ3n) is 5.29. The van der Waals surface area contributed by atoms with Gasteiger partial charge in [-0.05, 0) is 36.8 Å². The number of ketones is 1. The zero-order valence-corrected chi connectivity index (χ0v) is 17.9. The zero-order chi connectivity index (χ0) is 22.0. The first-order valence-corrected chi connectivity index (χ1v) is 10.2. The highest BCUT2D eigenvalue weighted by Gasteiger charge is 2.20. The molecule has 0 atom stereocenters. The fraction of sp³-hybridized carbons (Fsp3) is 0.111. The van der Waals surface area contributed by atoms with E-state index in [0.717, 1.165) is 27.9 Å². The first-order chi connectivity index (χ1) is 15.0. The average Bonchev–Trinajstić information content (AvgIpc) is 3.17. The van der Waals surface area contributed by atoms with Crippen molar-refractivity contribution in [2.45, 2.75) is 6.92 Å². The van der Waals surface area contributed by atoms with Crippen LogP contribution >= 0.6 is 0 Å². The zero-order valence-electron chi connectivity index (χ0n) is 17.9. The molecule has 0 saturated carbocycles. The Bertz CT molecular complexity index is 1280. The molecule has 4 rings (SSSR count). The standard InChI is InChI=1S/C27H24N2O2/c1-19-12-14-20(15-13-19)22(18-26(30)21-9-5-4-6-10-21)25-17-23(27(31)28(2)3)24-11-7-8-16-29(24)25/h4-18H,1-3H3/b22-18-. The normalized spacial score (nSPS) is 11.5. The molecule has 2 aromatic carbocycles. The first-order valence-electron chi connectivity index (χ1n) is 10.2. The minimum atomic E-state index is -0.0810. The lowest BCUT2D eigenvalue weighted by Crippen LogP contribution is -2.21. The van der Waals surface area contributed by atoms with Gasteiger partial charge in [0.2, 0.25) is 0 Å². The van der Waals surface area contributed by atoms with Gasteiger partial charge in [0.05, 0.1) is 16.8 Å². The van der Waals surface area contributed by atoms with Crippen molar-refractivity contribution in [1.29, 1.82) is 0 Å². The quantitative estimate of drug-likeness (QED) is 0.334. The summed E-state index contributed by atoms with van der Waals surface area (Å²) in [6.45, 7) is 2.03. The molecule has 0 spiro atoms. The summed E-state index contributed by atoms with van der Waals surface area (Å²) >= 11 is 0. The molecule has 0 N–H and O–H groups in total. The summed E-state index contributed by atoms with van der Waals surface area (Å²) in [5.74, 6) is -0.157. The van der Waals surface area contributed by atoms with E-state index in [2.05, 4.69) is 0 Å². The third kappa shape index (κ3) is 4.05. The van der Waals surface area contributed by atoms with E-state index in [1.54, 1.807) is 25.1 Å². The molecule has 0 radical (unpaired) electrons. The molecule has 0 bridgehead atoms. The fourth-order valence-corrected chi connectivity index (χ4v) is 3.63. The van der Waals surface area contributed by atoms with E-state index < -0.39 is 0 Å². The van der Waals surface area contributed by atoms with Gasteiger partial charge in [0.15, 0.2) is 5.78 Å². The first kappa shape index (κ1) is 20.4. The van der Waals surface area contributed by atoms with Crippen LogP contribution < -0.4 is 0 Å². The Morgan fingerprint density at radius 3 is 2.19 bits per heavy atom. The number of hydrogen-bond acceptors (Lipinski definition) is 2. The smallest absolute Gasteiger partial charge is 0.255 e. The maximum Gasteiger partial charge on any atom is 0.255 e. The largest absolute Gasteiger partial charge is 0.345 e. The van der Waals surface area contributed by atoms with Crippen molar-refractivity contribution in [2.24, 2.45) is 0 Å². The van der Waals surface area contributed by atoms with Crippen molar-refractivity contribution >= 4 is 22.8 Å². The summed E-state index contributed by atoms with van der Waals surface area (Å²) in [4.78, 5) is 27.5. The molecule has 4 heteroatoms. The Morgan fingerprint density at radius 1 is 0.839 bits per heavy atom. The summed E-state index contributed by atoms with van der Waals surface area (Å²) in [5.41, 5.74) is 5.66. The summed E-state index contributed by atoms with van der Waals surface area (Å²) in [6.07, 6.45) is 3.59. The number of benzene rings is 2. The highest BCUT2D eigenvalue weighted by atomic mass is 16.2. The van der Waals surface area contributed by atoms with E-state index in [0.29, 0.717) is 11.1 Å². The number of rotatable bonds is 5. The molecule has 4 nitrogen and oxygen atoms in total. The van der Waals surface area contributed by atoms with E-state index in [-0.39, 0.29) is 11.7 Å². The van der Waals surface area contributed by atoms with Crippen LogP contribution in [0.3, 0.4) is 0 Å². The van der Waals surface area contributed by atoms with Crippen LogP contribution in [0.25, 0.3) is 11.1 Å². The second kappa shape index (κ2) is 8.44. The molecule has 2 heterocycles. The van der Waals surface area contributed by atoms with Crippen LogP contribution in [0.15, 0.2) is 91.1 Å². The minimum Gasteiger partial charge on any atom is -0.345 e. The summed E-state index contributed by atoms with van der Waals surface area (Å²) in [6, 6.07) is 24.9. The number of amides is 1. The van der Waals surface area contributed by atoms with Crippen molar-refractivity contribution < 1.29 is 9.59 Å². The molecule has 1 amide bonds. The number of aromatic nitrogens is 1. The molecule has 0 aliphatic rings. The number of pyridine rings is 1. The van der Waals surface area contributed by atoms with Crippen LogP contribution in [0.1, 0.15) is 37.5 Å².